The Bertz CT molecular complexity index is 547. The zero-order valence-corrected chi connectivity index (χ0v) is 9.27. The SMILES string of the molecule is COc1ccc2cc(/C(C)=N/O)ccc2c1. The fourth-order valence-corrected chi connectivity index (χ4v) is 1.63. The van der Waals surface area contributed by atoms with E-state index in [0.29, 0.717) is 5.71 Å². The summed E-state index contributed by atoms with van der Waals surface area (Å²) in [6.07, 6.45) is 0. The van der Waals surface area contributed by atoms with Crippen molar-refractivity contribution in [2.45, 2.75) is 6.92 Å². The standard InChI is InChI=1S/C13H13NO2/c1-9(14-15)10-3-4-12-8-13(16-2)6-5-11(12)7-10/h3-8,15H,1-2H3/b14-9+. The molecule has 0 saturated carbocycles. The van der Waals surface area contributed by atoms with E-state index in [1.54, 1.807) is 14.0 Å². The molecule has 82 valence electrons. The van der Waals surface area contributed by atoms with Gasteiger partial charge < -0.3 is 9.94 Å². The molecule has 0 heterocycles. The summed E-state index contributed by atoms with van der Waals surface area (Å²) in [6, 6.07) is 11.8. The molecule has 0 fully saturated rings. The average Bonchev–Trinajstić information content (AvgIpc) is 2.36. The van der Waals surface area contributed by atoms with Gasteiger partial charge in [0.25, 0.3) is 0 Å². The van der Waals surface area contributed by atoms with Gasteiger partial charge in [-0.25, -0.2) is 0 Å². The number of fused-ring (bicyclic) bond motifs is 1. The predicted molar refractivity (Wildman–Crippen MR) is 64.5 cm³/mol. The quantitative estimate of drug-likeness (QED) is 0.475. The third-order valence-corrected chi connectivity index (χ3v) is 2.62. The summed E-state index contributed by atoms with van der Waals surface area (Å²) in [5.41, 5.74) is 1.53. The molecule has 0 bridgehead atoms. The minimum Gasteiger partial charge on any atom is -0.497 e. The molecule has 2 rings (SSSR count). The van der Waals surface area contributed by atoms with Crippen LogP contribution in [-0.2, 0) is 0 Å². The van der Waals surface area contributed by atoms with Crippen LogP contribution in [-0.4, -0.2) is 18.0 Å². The van der Waals surface area contributed by atoms with Crippen LogP contribution >= 0.6 is 0 Å². The van der Waals surface area contributed by atoms with E-state index in [4.69, 9.17) is 9.94 Å². The molecule has 16 heavy (non-hydrogen) atoms. The van der Waals surface area contributed by atoms with Crippen LogP contribution < -0.4 is 4.74 Å². The van der Waals surface area contributed by atoms with E-state index in [1.165, 1.54) is 0 Å². The number of methoxy groups -OCH3 is 1. The van der Waals surface area contributed by atoms with Gasteiger partial charge in [0, 0.05) is 0 Å². The number of oxime groups is 1. The normalized spacial score (nSPS) is 11.8. The summed E-state index contributed by atoms with van der Waals surface area (Å²) >= 11 is 0. The Balaban J connectivity index is 2.56. The van der Waals surface area contributed by atoms with Crippen LogP contribution in [0, 0.1) is 0 Å². The molecule has 0 aliphatic rings. The minimum atomic E-state index is 0.609. The van der Waals surface area contributed by atoms with E-state index in [1.807, 2.05) is 36.4 Å². The lowest BCUT2D eigenvalue weighted by molar-refractivity contribution is 0.319. The molecule has 0 saturated heterocycles. The fraction of sp³-hybridized carbons (Fsp3) is 0.154. The van der Waals surface area contributed by atoms with Gasteiger partial charge in [-0.05, 0) is 41.5 Å². The van der Waals surface area contributed by atoms with Crippen molar-refractivity contribution in [1.82, 2.24) is 0 Å². The Kier molecular flexibility index (Phi) is 2.77. The van der Waals surface area contributed by atoms with Gasteiger partial charge in [-0.15, -0.1) is 0 Å². The fourth-order valence-electron chi connectivity index (χ4n) is 1.63. The Morgan fingerprint density at radius 1 is 1.12 bits per heavy atom. The number of benzene rings is 2. The van der Waals surface area contributed by atoms with Crippen LogP contribution in [0.2, 0.25) is 0 Å². The van der Waals surface area contributed by atoms with Gasteiger partial charge in [0.05, 0.1) is 12.8 Å². The van der Waals surface area contributed by atoms with Gasteiger partial charge >= 0.3 is 0 Å². The van der Waals surface area contributed by atoms with Crippen LogP contribution in [0.3, 0.4) is 0 Å². The molecule has 0 amide bonds. The van der Waals surface area contributed by atoms with Crippen LogP contribution in [0.1, 0.15) is 12.5 Å². The lowest BCUT2D eigenvalue weighted by atomic mass is 10.0. The van der Waals surface area contributed by atoms with Crippen LogP contribution in [0.5, 0.6) is 5.75 Å². The molecular formula is C13H13NO2. The van der Waals surface area contributed by atoms with Crippen molar-refractivity contribution in [2.24, 2.45) is 5.16 Å². The number of hydrogen-bond acceptors (Lipinski definition) is 3. The van der Waals surface area contributed by atoms with E-state index in [9.17, 15) is 0 Å². The van der Waals surface area contributed by atoms with Crippen molar-refractivity contribution in [3.63, 3.8) is 0 Å². The Morgan fingerprint density at radius 3 is 2.50 bits per heavy atom. The molecule has 0 atom stereocenters. The molecule has 1 N–H and O–H groups in total. The Morgan fingerprint density at radius 2 is 1.81 bits per heavy atom. The van der Waals surface area contributed by atoms with E-state index >= 15 is 0 Å². The highest BCUT2D eigenvalue weighted by Crippen LogP contribution is 2.22. The zero-order chi connectivity index (χ0) is 11.5. The maximum Gasteiger partial charge on any atom is 0.119 e. The minimum absolute atomic E-state index is 0.609. The summed E-state index contributed by atoms with van der Waals surface area (Å²) in [5, 5.41) is 14.1. The van der Waals surface area contributed by atoms with Gasteiger partial charge in [0.1, 0.15) is 5.75 Å². The van der Waals surface area contributed by atoms with Crippen LogP contribution in [0.15, 0.2) is 41.6 Å². The molecule has 3 heteroatoms. The topological polar surface area (TPSA) is 41.8 Å². The lowest BCUT2D eigenvalue weighted by Gasteiger charge is -2.04. The van der Waals surface area contributed by atoms with Crippen molar-refractivity contribution in [1.29, 1.82) is 0 Å². The second-order valence-corrected chi connectivity index (χ2v) is 3.61. The number of ether oxygens (including phenoxy) is 1. The van der Waals surface area contributed by atoms with Gasteiger partial charge in [-0.2, -0.15) is 0 Å². The first-order valence-corrected chi connectivity index (χ1v) is 5.01. The van der Waals surface area contributed by atoms with Crippen LogP contribution in [0.4, 0.5) is 0 Å². The summed E-state index contributed by atoms with van der Waals surface area (Å²) < 4.78 is 5.16. The smallest absolute Gasteiger partial charge is 0.119 e. The van der Waals surface area contributed by atoms with Crippen molar-refractivity contribution in [3.8, 4) is 5.75 Å². The van der Waals surface area contributed by atoms with Gasteiger partial charge in [0.15, 0.2) is 0 Å². The summed E-state index contributed by atoms with van der Waals surface area (Å²) in [7, 11) is 1.65. The molecule has 2 aromatic carbocycles. The third kappa shape index (κ3) is 1.84. The first-order valence-electron chi connectivity index (χ1n) is 5.01. The van der Waals surface area contributed by atoms with Crippen molar-refractivity contribution < 1.29 is 9.94 Å². The summed E-state index contributed by atoms with van der Waals surface area (Å²) in [6.45, 7) is 1.77. The monoisotopic (exact) mass is 215 g/mol. The predicted octanol–water partition coefficient (Wildman–Crippen LogP) is 3.05. The van der Waals surface area contributed by atoms with Gasteiger partial charge in [-0.1, -0.05) is 23.4 Å². The molecule has 0 aliphatic heterocycles. The van der Waals surface area contributed by atoms with Crippen LogP contribution in [0.25, 0.3) is 10.8 Å². The summed E-state index contributed by atoms with van der Waals surface area (Å²) in [5.74, 6) is 0.841. The second-order valence-electron chi connectivity index (χ2n) is 3.61. The molecule has 0 unspecified atom stereocenters. The largest absolute Gasteiger partial charge is 0.497 e. The van der Waals surface area contributed by atoms with E-state index in [0.717, 1.165) is 22.1 Å². The molecule has 0 radical (unpaired) electrons. The maximum atomic E-state index is 8.71. The number of nitrogens with zero attached hydrogens (tertiary/aromatic N) is 1. The average molecular weight is 215 g/mol. The first-order chi connectivity index (χ1) is 7.74. The summed E-state index contributed by atoms with van der Waals surface area (Å²) in [4.78, 5) is 0. The van der Waals surface area contributed by atoms with E-state index in [-0.39, 0.29) is 0 Å². The van der Waals surface area contributed by atoms with E-state index < -0.39 is 0 Å². The van der Waals surface area contributed by atoms with Crippen molar-refractivity contribution in [3.05, 3.63) is 42.0 Å². The second kappa shape index (κ2) is 4.23. The zero-order valence-electron chi connectivity index (χ0n) is 9.27. The molecule has 0 aromatic heterocycles. The van der Waals surface area contributed by atoms with Crippen molar-refractivity contribution in [2.75, 3.05) is 7.11 Å². The molecular weight excluding hydrogens is 202 g/mol. The third-order valence-electron chi connectivity index (χ3n) is 2.62. The Labute approximate surface area is 94.0 Å². The molecule has 3 nitrogen and oxygen atoms in total. The number of rotatable bonds is 2. The molecule has 2 aromatic rings. The first kappa shape index (κ1) is 10.5. The lowest BCUT2D eigenvalue weighted by Crippen LogP contribution is -1.93. The van der Waals surface area contributed by atoms with Gasteiger partial charge in [0.2, 0.25) is 0 Å². The highest BCUT2D eigenvalue weighted by atomic mass is 16.5. The highest BCUT2D eigenvalue weighted by molar-refractivity contribution is 6.01. The highest BCUT2D eigenvalue weighted by Gasteiger charge is 2.01. The number of hydrogen-bond donors (Lipinski definition) is 1. The van der Waals surface area contributed by atoms with Crippen molar-refractivity contribution >= 4 is 16.5 Å². The van der Waals surface area contributed by atoms with Gasteiger partial charge in [-0.3, -0.25) is 0 Å². The molecule has 0 spiro atoms. The maximum absolute atomic E-state index is 8.71. The molecule has 0 aliphatic carbocycles. The Hall–Kier alpha value is -2.03. The van der Waals surface area contributed by atoms with E-state index in [2.05, 4.69) is 5.16 Å².